The number of carbonyl (C=O) groups excluding carboxylic acids is 1. The molecule has 1 aliphatic heterocycles. The Morgan fingerprint density at radius 2 is 2.00 bits per heavy atom. The Hall–Kier alpha value is -2.29. The molecular weight excluding hydrogens is 236 g/mol. The molecule has 0 unspecified atom stereocenters. The Morgan fingerprint density at radius 3 is 2.79 bits per heavy atom. The molecule has 3 heteroatoms. The summed E-state index contributed by atoms with van der Waals surface area (Å²) in [4.78, 5) is 14.4. The van der Waals surface area contributed by atoms with Crippen LogP contribution in [0.25, 0.3) is 0 Å². The smallest absolute Gasteiger partial charge is 0.258 e. The molecule has 0 radical (unpaired) electrons. The lowest BCUT2D eigenvalue weighted by molar-refractivity contribution is 0.0989. The van der Waals surface area contributed by atoms with Gasteiger partial charge in [0, 0.05) is 29.0 Å². The number of anilines is 2. The maximum atomic E-state index is 12.6. The third-order valence-corrected chi connectivity index (χ3v) is 3.57. The summed E-state index contributed by atoms with van der Waals surface area (Å²) in [5.74, 6) is 0.0491. The summed E-state index contributed by atoms with van der Waals surface area (Å²) in [6, 6.07) is 13.4. The Morgan fingerprint density at radius 1 is 1.21 bits per heavy atom. The minimum Gasteiger partial charge on any atom is -0.398 e. The van der Waals surface area contributed by atoms with Gasteiger partial charge in [0.25, 0.3) is 5.91 Å². The maximum absolute atomic E-state index is 12.6. The van der Waals surface area contributed by atoms with E-state index in [0.29, 0.717) is 6.54 Å². The van der Waals surface area contributed by atoms with Gasteiger partial charge in [0.15, 0.2) is 0 Å². The molecule has 0 aliphatic carbocycles. The SMILES string of the molecule is Cc1cccc(C(=O)N2CCc3c(N)cccc32)c1. The first-order chi connectivity index (χ1) is 9.16. The minimum absolute atomic E-state index is 0.0491. The quantitative estimate of drug-likeness (QED) is 0.793. The van der Waals surface area contributed by atoms with E-state index >= 15 is 0 Å². The van der Waals surface area contributed by atoms with E-state index < -0.39 is 0 Å². The molecule has 2 aromatic rings. The minimum atomic E-state index is 0.0491. The van der Waals surface area contributed by atoms with Crippen molar-refractivity contribution < 1.29 is 4.79 Å². The number of hydrogen-bond donors (Lipinski definition) is 1. The predicted octanol–water partition coefficient (Wildman–Crippen LogP) is 2.78. The standard InChI is InChI=1S/C16H16N2O/c1-11-4-2-5-12(10-11)16(19)18-9-8-13-14(17)6-3-7-15(13)18/h2-7,10H,8-9,17H2,1H3. The average Bonchev–Trinajstić information content (AvgIpc) is 2.83. The summed E-state index contributed by atoms with van der Waals surface area (Å²) in [5.41, 5.74) is 10.6. The van der Waals surface area contributed by atoms with Crippen molar-refractivity contribution in [1.82, 2.24) is 0 Å². The molecule has 0 spiro atoms. The van der Waals surface area contributed by atoms with E-state index in [1.807, 2.05) is 54.3 Å². The van der Waals surface area contributed by atoms with E-state index in [-0.39, 0.29) is 5.91 Å². The van der Waals surface area contributed by atoms with Gasteiger partial charge < -0.3 is 10.6 Å². The molecule has 3 nitrogen and oxygen atoms in total. The maximum Gasteiger partial charge on any atom is 0.258 e. The molecule has 0 bridgehead atoms. The Kier molecular flexibility index (Phi) is 2.75. The number of fused-ring (bicyclic) bond motifs is 1. The molecule has 96 valence electrons. The molecule has 3 rings (SSSR count). The van der Waals surface area contributed by atoms with Gasteiger partial charge in [-0.25, -0.2) is 0 Å². The predicted molar refractivity (Wildman–Crippen MR) is 77.4 cm³/mol. The van der Waals surface area contributed by atoms with E-state index in [1.54, 1.807) is 0 Å². The number of nitrogens with two attached hydrogens (primary N) is 1. The highest BCUT2D eigenvalue weighted by atomic mass is 16.2. The number of rotatable bonds is 1. The van der Waals surface area contributed by atoms with Crippen LogP contribution in [0.5, 0.6) is 0 Å². The van der Waals surface area contributed by atoms with Crippen LogP contribution in [-0.2, 0) is 6.42 Å². The highest BCUT2D eigenvalue weighted by molar-refractivity contribution is 6.07. The molecule has 0 atom stereocenters. The molecule has 2 aromatic carbocycles. The Balaban J connectivity index is 1.98. The molecule has 19 heavy (non-hydrogen) atoms. The van der Waals surface area contributed by atoms with Gasteiger partial charge in [0.05, 0.1) is 0 Å². The van der Waals surface area contributed by atoms with Crippen molar-refractivity contribution in [2.24, 2.45) is 0 Å². The van der Waals surface area contributed by atoms with Crippen LogP contribution >= 0.6 is 0 Å². The molecular formula is C16H16N2O. The number of aryl methyl sites for hydroxylation is 1. The topological polar surface area (TPSA) is 46.3 Å². The summed E-state index contributed by atoms with van der Waals surface area (Å²) in [6.07, 6.45) is 0.833. The van der Waals surface area contributed by atoms with Crippen LogP contribution in [0, 0.1) is 6.92 Å². The monoisotopic (exact) mass is 252 g/mol. The Bertz CT molecular complexity index is 649. The van der Waals surface area contributed by atoms with Crippen molar-refractivity contribution in [2.75, 3.05) is 17.2 Å². The van der Waals surface area contributed by atoms with Gasteiger partial charge in [-0.05, 0) is 37.6 Å². The van der Waals surface area contributed by atoms with E-state index in [2.05, 4.69) is 0 Å². The number of benzene rings is 2. The molecule has 0 fully saturated rings. The van der Waals surface area contributed by atoms with Crippen LogP contribution in [0.3, 0.4) is 0 Å². The fourth-order valence-electron chi connectivity index (χ4n) is 2.61. The molecule has 1 heterocycles. The molecule has 2 N–H and O–H groups in total. The molecule has 0 saturated carbocycles. The zero-order valence-corrected chi connectivity index (χ0v) is 10.9. The summed E-state index contributed by atoms with van der Waals surface area (Å²) in [5, 5.41) is 0. The zero-order chi connectivity index (χ0) is 13.4. The van der Waals surface area contributed by atoms with Crippen molar-refractivity contribution in [3.63, 3.8) is 0 Å². The van der Waals surface area contributed by atoms with Crippen LogP contribution < -0.4 is 10.6 Å². The second-order valence-electron chi connectivity index (χ2n) is 4.92. The molecule has 0 saturated heterocycles. The molecule has 1 aliphatic rings. The van der Waals surface area contributed by atoms with E-state index in [1.165, 1.54) is 0 Å². The second-order valence-corrected chi connectivity index (χ2v) is 4.92. The summed E-state index contributed by atoms with van der Waals surface area (Å²) >= 11 is 0. The lowest BCUT2D eigenvalue weighted by Gasteiger charge is -2.17. The summed E-state index contributed by atoms with van der Waals surface area (Å²) in [7, 11) is 0. The van der Waals surface area contributed by atoms with Gasteiger partial charge in [0.2, 0.25) is 0 Å². The van der Waals surface area contributed by atoms with Crippen molar-refractivity contribution in [2.45, 2.75) is 13.3 Å². The first-order valence-electron chi connectivity index (χ1n) is 6.43. The van der Waals surface area contributed by atoms with Crippen LogP contribution in [0.2, 0.25) is 0 Å². The van der Waals surface area contributed by atoms with E-state index in [9.17, 15) is 4.79 Å². The lowest BCUT2D eigenvalue weighted by Crippen LogP contribution is -2.28. The number of amides is 1. The van der Waals surface area contributed by atoms with Gasteiger partial charge in [0.1, 0.15) is 0 Å². The van der Waals surface area contributed by atoms with Crippen LogP contribution in [0.15, 0.2) is 42.5 Å². The van der Waals surface area contributed by atoms with Crippen LogP contribution in [0.4, 0.5) is 11.4 Å². The second kappa shape index (κ2) is 4.43. The zero-order valence-electron chi connectivity index (χ0n) is 10.9. The number of nitrogens with zero attached hydrogens (tertiary/aromatic N) is 1. The highest BCUT2D eigenvalue weighted by Crippen LogP contribution is 2.33. The van der Waals surface area contributed by atoms with Crippen molar-refractivity contribution in [1.29, 1.82) is 0 Å². The number of carbonyl (C=O) groups is 1. The van der Waals surface area contributed by atoms with Crippen molar-refractivity contribution in [3.8, 4) is 0 Å². The average molecular weight is 252 g/mol. The van der Waals surface area contributed by atoms with Gasteiger partial charge in [-0.2, -0.15) is 0 Å². The lowest BCUT2D eigenvalue weighted by atomic mass is 10.1. The van der Waals surface area contributed by atoms with Gasteiger partial charge >= 0.3 is 0 Å². The van der Waals surface area contributed by atoms with Crippen molar-refractivity contribution >= 4 is 17.3 Å². The Labute approximate surface area is 112 Å². The van der Waals surface area contributed by atoms with Crippen LogP contribution in [0.1, 0.15) is 21.5 Å². The fourth-order valence-corrected chi connectivity index (χ4v) is 2.61. The van der Waals surface area contributed by atoms with Gasteiger partial charge in [-0.3, -0.25) is 4.79 Å². The number of nitrogen functional groups attached to an aromatic ring is 1. The van der Waals surface area contributed by atoms with E-state index in [0.717, 1.165) is 34.5 Å². The van der Waals surface area contributed by atoms with Crippen molar-refractivity contribution in [3.05, 3.63) is 59.2 Å². The molecule has 0 aromatic heterocycles. The molecule has 1 amide bonds. The third kappa shape index (κ3) is 1.97. The first-order valence-corrected chi connectivity index (χ1v) is 6.43. The number of hydrogen-bond acceptors (Lipinski definition) is 2. The first kappa shape index (κ1) is 11.8. The summed E-state index contributed by atoms with van der Waals surface area (Å²) < 4.78 is 0. The van der Waals surface area contributed by atoms with Crippen LogP contribution in [-0.4, -0.2) is 12.5 Å². The third-order valence-electron chi connectivity index (χ3n) is 3.57. The highest BCUT2D eigenvalue weighted by Gasteiger charge is 2.26. The largest absolute Gasteiger partial charge is 0.398 e. The van der Waals surface area contributed by atoms with E-state index in [4.69, 9.17) is 5.73 Å². The van der Waals surface area contributed by atoms with Gasteiger partial charge in [-0.1, -0.05) is 23.8 Å². The fraction of sp³-hybridized carbons (Fsp3) is 0.188. The van der Waals surface area contributed by atoms with Gasteiger partial charge in [-0.15, -0.1) is 0 Å². The summed E-state index contributed by atoms with van der Waals surface area (Å²) in [6.45, 7) is 2.70. The normalized spacial score (nSPS) is 13.4.